The summed E-state index contributed by atoms with van der Waals surface area (Å²) in [5.41, 5.74) is 3.24. The summed E-state index contributed by atoms with van der Waals surface area (Å²) in [6.07, 6.45) is 1.58. The normalized spacial score (nSPS) is 13.1. The van der Waals surface area contributed by atoms with Crippen LogP contribution in [0.3, 0.4) is 0 Å². The number of carbonyl (C=O) groups is 1. The minimum Gasteiger partial charge on any atom is -0.481 e. The Morgan fingerprint density at radius 1 is 1.37 bits per heavy atom. The minimum absolute atomic E-state index is 0.191. The van der Waals surface area contributed by atoms with Gasteiger partial charge in [-0.2, -0.15) is 0 Å². The lowest BCUT2D eigenvalue weighted by Gasteiger charge is -2.01. The van der Waals surface area contributed by atoms with Gasteiger partial charge < -0.3 is 19.6 Å². The van der Waals surface area contributed by atoms with Crippen LogP contribution in [-0.2, 0) is 11.2 Å². The molecule has 1 aliphatic heterocycles. The zero-order valence-corrected chi connectivity index (χ0v) is 10.7. The molecule has 3 rings (SSSR count). The molecule has 0 saturated heterocycles. The van der Waals surface area contributed by atoms with Gasteiger partial charge in [-0.25, -0.2) is 0 Å². The largest absolute Gasteiger partial charge is 0.481 e. The average molecular weight is 261 g/mol. The van der Waals surface area contributed by atoms with Gasteiger partial charge in [-0.05, 0) is 31.4 Å². The number of benzene rings is 1. The Labute approximate surface area is 110 Å². The third kappa shape index (κ3) is 2.12. The van der Waals surface area contributed by atoms with E-state index in [0.29, 0.717) is 6.42 Å². The molecule has 0 spiro atoms. The Kier molecular flexibility index (Phi) is 2.81. The van der Waals surface area contributed by atoms with E-state index >= 15 is 0 Å². The van der Waals surface area contributed by atoms with E-state index < -0.39 is 5.97 Å². The van der Waals surface area contributed by atoms with Gasteiger partial charge in [0.05, 0.1) is 0 Å². The lowest BCUT2D eigenvalue weighted by Crippen LogP contribution is -1.96. The van der Waals surface area contributed by atoms with Crippen LogP contribution in [0.2, 0.25) is 0 Å². The van der Waals surface area contributed by atoms with Crippen LogP contribution >= 0.6 is 0 Å². The van der Waals surface area contributed by atoms with Gasteiger partial charge >= 0.3 is 5.97 Å². The van der Waals surface area contributed by atoms with E-state index in [0.717, 1.165) is 40.1 Å². The first-order valence-electron chi connectivity index (χ1n) is 6.28. The Bertz CT molecular complexity index is 644. The summed E-state index contributed by atoms with van der Waals surface area (Å²) >= 11 is 0. The van der Waals surface area contributed by atoms with Crippen molar-refractivity contribution in [2.75, 3.05) is 6.79 Å². The molecule has 0 unspecified atom stereocenters. The molecule has 19 heavy (non-hydrogen) atoms. The lowest BCUT2D eigenvalue weighted by atomic mass is 10.0. The van der Waals surface area contributed by atoms with Crippen LogP contribution in [0.1, 0.15) is 24.1 Å². The Morgan fingerprint density at radius 3 is 2.84 bits per heavy atom. The van der Waals surface area contributed by atoms with Gasteiger partial charge in [0.25, 0.3) is 0 Å². The standard InChI is InChI=1S/C14H15NO4/c1-8-9(3-2-4-14(16)17)10-5-12-13(19-7-18-12)6-11(10)15-8/h5-6,15H,2-4,7H2,1H3,(H,16,17). The first kappa shape index (κ1) is 11.9. The Balaban J connectivity index is 1.94. The summed E-state index contributed by atoms with van der Waals surface area (Å²) in [4.78, 5) is 13.9. The van der Waals surface area contributed by atoms with Crippen LogP contribution in [-0.4, -0.2) is 22.9 Å². The van der Waals surface area contributed by atoms with Gasteiger partial charge in [0.1, 0.15) is 0 Å². The van der Waals surface area contributed by atoms with Gasteiger partial charge in [-0.15, -0.1) is 0 Å². The number of aliphatic carboxylic acids is 1. The van der Waals surface area contributed by atoms with Crippen LogP contribution in [0.5, 0.6) is 11.5 Å². The molecule has 0 radical (unpaired) electrons. The van der Waals surface area contributed by atoms with Crippen molar-refractivity contribution in [2.45, 2.75) is 26.2 Å². The molecule has 1 aliphatic rings. The topological polar surface area (TPSA) is 71.6 Å². The predicted octanol–water partition coefficient (Wildman–Crippen LogP) is 2.61. The second kappa shape index (κ2) is 4.50. The second-order valence-electron chi connectivity index (χ2n) is 4.73. The molecule has 0 bridgehead atoms. The quantitative estimate of drug-likeness (QED) is 0.887. The number of fused-ring (bicyclic) bond motifs is 2. The van der Waals surface area contributed by atoms with E-state index in [1.54, 1.807) is 0 Å². The van der Waals surface area contributed by atoms with Gasteiger partial charge in [0, 0.05) is 29.1 Å². The lowest BCUT2D eigenvalue weighted by molar-refractivity contribution is -0.137. The van der Waals surface area contributed by atoms with Crippen LogP contribution in [0.4, 0.5) is 0 Å². The van der Waals surface area contributed by atoms with Gasteiger partial charge in [0.2, 0.25) is 6.79 Å². The summed E-state index contributed by atoms with van der Waals surface area (Å²) in [6, 6.07) is 3.91. The monoisotopic (exact) mass is 261 g/mol. The number of aryl methyl sites for hydroxylation is 2. The number of hydrogen-bond acceptors (Lipinski definition) is 3. The summed E-state index contributed by atoms with van der Waals surface area (Å²) in [6.45, 7) is 2.26. The molecule has 0 atom stereocenters. The number of aromatic nitrogens is 1. The Morgan fingerprint density at radius 2 is 2.11 bits per heavy atom. The zero-order valence-electron chi connectivity index (χ0n) is 10.7. The SMILES string of the molecule is Cc1[nH]c2cc3c(cc2c1CCCC(=O)O)OCO3. The van der Waals surface area contributed by atoms with Crippen molar-refractivity contribution in [3.63, 3.8) is 0 Å². The highest BCUT2D eigenvalue weighted by Crippen LogP contribution is 2.38. The number of rotatable bonds is 4. The third-order valence-electron chi connectivity index (χ3n) is 3.43. The van der Waals surface area contributed by atoms with E-state index in [2.05, 4.69) is 4.98 Å². The maximum atomic E-state index is 10.6. The number of carboxylic acids is 1. The molecule has 0 fully saturated rings. The average Bonchev–Trinajstić information content (AvgIpc) is 2.91. The maximum absolute atomic E-state index is 10.6. The molecule has 1 aromatic carbocycles. The number of carboxylic acid groups (broad SMARTS) is 1. The second-order valence-corrected chi connectivity index (χ2v) is 4.73. The molecule has 0 amide bonds. The smallest absolute Gasteiger partial charge is 0.303 e. The van der Waals surface area contributed by atoms with Crippen LogP contribution in [0, 0.1) is 6.92 Å². The molecule has 5 nitrogen and oxygen atoms in total. The summed E-state index contributed by atoms with van der Waals surface area (Å²) < 4.78 is 10.7. The van der Waals surface area contributed by atoms with Crippen molar-refractivity contribution in [1.29, 1.82) is 0 Å². The number of hydrogen-bond donors (Lipinski definition) is 2. The molecule has 100 valence electrons. The van der Waals surface area contributed by atoms with Gasteiger partial charge in [-0.1, -0.05) is 0 Å². The molecule has 2 aromatic rings. The van der Waals surface area contributed by atoms with Gasteiger partial charge in [0.15, 0.2) is 11.5 Å². The van der Waals surface area contributed by atoms with Crippen molar-refractivity contribution in [3.8, 4) is 11.5 Å². The fraction of sp³-hybridized carbons (Fsp3) is 0.357. The van der Waals surface area contributed by atoms with E-state index in [1.807, 2.05) is 19.1 Å². The number of nitrogens with one attached hydrogen (secondary N) is 1. The van der Waals surface area contributed by atoms with Crippen molar-refractivity contribution in [2.24, 2.45) is 0 Å². The minimum atomic E-state index is -0.755. The third-order valence-corrected chi connectivity index (χ3v) is 3.43. The van der Waals surface area contributed by atoms with Crippen LogP contribution in [0.15, 0.2) is 12.1 Å². The number of H-pyrrole nitrogens is 1. The molecule has 0 aliphatic carbocycles. The summed E-state index contributed by atoms with van der Waals surface area (Å²) in [5, 5.41) is 9.80. The zero-order chi connectivity index (χ0) is 13.4. The first-order valence-corrected chi connectivity index (χ1v) is 6.28. The van der Waals surface area contributed by atoms with Gasteiger partial charge in [-0.3, -0.25) is 4.79 Å². The maximum Gasteiger partial charge on any atom is 0.303 e. The van der Waals surface area contributed by atoms with E-state index in [9.17, 15) is 4.79 Å². The highest BCUT2D eigenvalue weighted by Gasteiger charge is 2.17. The molecule has 5 heteroatoms. The van der Waals surface area contributed by atoms with E-state index in [4.69, 9.17) is 14.6 Å². The highest BCUT2D eigenvalue weighted by atomic mass is 16.7. The molecule has 1 aromatic heterocycles. The predicted molar refractivity (Wildman–Crippen MR) is 69.7 cm³/mol. The van der Waals surface area contributed by atoms with Crippen LogP contribution in [0.25, 0.3) is 10.9 Å². The van der Waals surface area contributed by atoms with E-state index in [1.165, 1.54) is 0 Å². The van der Waals surface area contributed by atoms with Crippen molar-refractivity contribution in [1.82, 2.24) is 4.98 Å². The van der Waals surface area contributed by atoms with Crippen molar-refractivity contribution >= 4 is 16.9 Å². The highest BCUT2D eigenvalue weighted by molar-refractivity contribution is 5.88. The van der Waals surface area contributed by atoms with Crippen LogP contribution < -0.4 is 9.47 Å². The summed E-state index contributed by atoms with van der Waals surface area (Å²) in [7, 11) is 0. The summed E-state index contributed by atoms with van der Waals surface area (Å²) in [5.74, 6) is 0.756. The number of aromatic amines is 1. The van der Waals surface area contributed by atoms with E-state index in [-0.39, 0.29) is 13.2 Å². The fourth-order valence-electron chi connectivity index (χ4n) is 2.51. The molecule has 2 N–H and O–H groups in total. The molecule has 0 saturated carbocycles. The molecular weight excluding hydrogens is 246 g/mol. The molecular formula is C14H15NO4. The van der Waals surface area contributed by atoms with Crippen molar-refractivity contribution in [3.05, 3.63) is 23.4 Å². The number of ether oxygens (including phenoxy) is 2. The van der Waals surface area contributed by atoms with Crippen molar-refractivity contribution < 1.29 is 19.4 Å². The molecule has 2 heterocycles. The fourth-order valence-corrected chi connectivity index (χ4v) is 2.51. The Hall–Kier alpha value is -2.17. The first-order chi connectivity index (χ1) is 9.15.